The summed E-state index contributed by atoms with van der Waals surface area (Å²) in [4.78, 5) is 12.4. The summed E-state index contributed by atoms with van der Waals surface area (Å²) < 4.78 is 5.33. The van der Waals surface area contributed by atoms with E-state index in [0.717, 1.165) is 12.8 Å². The predicted octanol–water partition coefficient (Wildman–Crippen LogP) is -0.462. The number of carbonyl (C=O) groups excluding carboxylic acids is 1. The van der Waals surface area contributed by atoms with Gasteiger partial charge in [-0.1, -0.05) is 0 Å². The minimum Gasteiger partial charge on any atom is -0.394 e. The van der Waals surface area contributed by atoms with E-state index in [1.165, 1.54) is 0 Å². The number of aliphatic hydroxyl groups excluding tert-OH is 1. The summed E-state index contributed by atoms with van der Waals surface area (Å²) >= 11 is 0. The van der Waals surface area contributed by atoms with Crippen LogP contribution >= 0.6 is 0 Å². The second-order valence-electron chi connectivity index (χ2n) is 3.12. The number of ether oxygens (including phenoxy) is 1. The Kier molecular flexibility index (Phi) is 3.98. The van der Waals surface area contributed by atoms with Gasteiger partial charge in [-0.05, 0) is 12.8 Å². The van der Waals surface area contributed by atoms with Crippen molar-refractivity contribution in [2.75, 3.05) is 26.3 Å². The van der Waals surface area contributed by atoms with E-state index in [9.17, 15) is 4.79 Å². The molecule has 1 saturated heterocycles. The lowest BCUT2D eigenvalue weighted by Crippen LogP contribution is -2.43. The van der Waals surface area contributed by atoms with Gasteiger partial charge in [-0.3, -0.25) is 0 Å². The molecule has 0 aliphatic carbocycles. The smallest absolute Gasteiger partial charge is 0.314 e. The molecule has 1 aliphatic heterocycles. The molecule has 0 aromatic carbocycles. The first-order chi connectivity index (χ1) is 6.24. The van der Waals surface area contributed by atoms with Gasteiger partial charge in [0.25, 0.3) is 0 Å². The molecule has 13 heavy (non-hydrogen) atoms. The van der Waals surface area contributed by atoms with Crippen molar-refractivity contribution in [1.29, 1.82) is 0 Å². The first-order valence-corrected chi connectivity index (χ1v) is 4.51. The van der Waals surface area contributed by atoms with E-state index in [0.29, 0.717) is 19.7 Å². The van der Waals surface area contributed by atoms with Gasteiger partial charge in [0.2, 0.25) is 0 Å². The average molecular weight is 188 g/mol. The largest absolute Gasteiger partial charge is 0.394 e. The molecular weight excluding hydrogens is 172 g/mol. The van der Waals surface area contributed by atoms with Gasteiger partial charge < -0.3 is 20.5 Å². The Balaban J connectivity index is 2.18. The Morgan fingerprint density at radius 2 is 2.15 bits per heavy atom. The predicted molar refractivity (Wildman–Crippen MR) is 47.2 cm³/mol. The SMILES string of the molecule is NC(=O)N1CCC(OCCO)CC1. The van der Waals surface area contributed by atoms with Crippen molar-refractivity contribution < 1.29 is 14.6 Å². The molecule has 0 unspecified atom stereocenters. The van der Waals surface area contributed by atoms with Crippen LogP contribution in [0.1, 0.15) is 12.8 Å². The quantitative estimate of drug-likeness (QED) is 0.629. The fraction of sp³-hybridized carbons (Fsp3) is 0.875. The maximum absolute atomic E-state index is 10.7. The second-order valence-corrected chi connectivity index (χ2v) is 3.12. The van der Waals surface area contributed by atoms with Crippen LogP contribution in [0, 0.1) is 0 Å². The highest BCUT2D eigenvalue weighted by Gasteiger charge is 2.21. The number of aliphatic hydroxyl groups is 1. The number of nitrogens with zero attached hydrogens (tertiary/aromatic N) is 1. The molecule has 0 bridgehead atoms. The molecule has 0 aromatic rings. The first-order valence-electron chi connectivity index (χ1n) is 4.51. The van der Waals surface area contributed by atoms with Crippen molar-refractivity contribution in [2.45, 2.75) is 18.9 Å². The molecule has 1 heterocycles. The van der Waals surface area contributed by atoms with Crippen LogP contribution in [0.4, 0.5) is 4.79 Å². The van der Waals surface area contributed by atoms with Crippen LogP contribution in [0.15, 0.2) is 0 Å². The number of rotatable bonds is 3. The summed E-state index contributed by atoms with van der Waals surface area (Å²) in [5.74, 6) is 0. The van der Waals surface area contributed by atoms with E-state index in [4.69, 9.17) is 15.6 Å². The van der Waals surface area contributed by atoms with Crippen LogP contribution in [0.2, 0.25) is 0 Å². The lowest BCUT2D eigenvalue weighted by atomic mass is 10.1. The van der Waals surface area contributed by atoms with Gasteiger partial charge in [0.15, 0.2) is 0 Å². The van der Waals surface area contributed by atoms with Crippen molar-refractivity contribution in [3.8, 4) is 0 Å². The van der Waals surface area contributed by atoms with Gasteiger partial charge in [0.05, 0.1) is 19.3 Å². The fourth-order valence-corrected chi connectivity index (χ4v) is 1.46. The first kappa shape index (κ1) is 10.3. The van der Waals surface area contributed by atoms with Crippen LogP contribution in [0.25, 0.3) is 0 Å². The monoisotopic (exact) mass is 188 g/mol. The van der Waals surface area contributed by atoms with E-state index in [1.807, 2.05) is 0 Å². The topological polar surface area (TPSA) is 75.8 Å². The number of amides is 2. The molecule has 3 N–H and O–H groups in total. The Hall–Kier alpha value is -0.810. The number of piperidine rings is 1. The summed E-state index contributed by atoms with van der Waals surface area (Å²) in [7, 11) is 0. The third-order valence-electron chi connectivity index (χ3n) is 2.20. The molecule has 1 fully saturated rings. The van der Waals surface area contributed by atoms with E-state index in [2.05, 4.69) is 0 Å². The standard InChI is InChI=1S/C8H16N2O3/c9-8(12)10-3-1-7(2-4-10)13-6-5-11/h7,11H,1-6H2,(H2,9,12). The third kappa shape index (κ3) is 3.20. The maximum atomic E-state index is 10.7. The number of primary amides is 1. The fourth-order valence-electron chi connectivity index (χ4n) is 1.46. The van der Waals surface area contributed by atoms with Crippen LogP contribution in [0.3, 0.4) is 0 Å². The van der Waals surface area contributed by atoms with Crippen LogP contribution in [-0.2, 0) is 4.74 Å². The molecule has 0 atom stereocenters. The zero-order valence-electron chi connectivity index (χ0n) is 7.61. The molecule has 5 nitrogen and oxygen atoms in total. The number of hydrogen-bond donors (Lipinski definition) is 2. The molecular formula is C8H16N2O3. The molecule has 0 saturated carbocycles. The molecule has 0 radical (unpaired) electrons. The molecule has 76 valence electrons. The number of nitrogens with two attached hydrogens (primary N) is 1. The lowest BCUT2D eigenvalue weighted by molar-refractivity contribution is -0.00113. The van der Waals surface area contributed by atoms with Crippen LogP contribution in [0.5, 0.6) is 0 Å². The maximum Gasteiger partial charge on any atom is 0.314 e. The van der Waals surface area contributed by atoms with Crippen molar-refractivity contribution in [1.82, 2.24) is 4.90 Å². The minimum atomic E-state index is -0.361. The third-order valence-corrected chi connectivity index (χ3v) is 2.20. The van der Waals surface area contributed by atoms with Crippen molar-refractivity contribution in [3.63, 3.8) is 0 Å². The summed E-state index contributed by atoms with van der Waals surface area (Å²) in [5, 5.41) is 8.53. The van der Waals surface area contributed by atoms with Gasteiger partial charge in [-0.2, -0.15) is 0 Å². The molecule has 0 spiro atoms. The average Bonchev–Trinajstić information content (AvgIpc) is 2.15. The summed E-state index contributed by atoms with van der Waals surface area (Å²) in [6.07, 6.45) is 1.79. The summed E-state index contributed by atoms with van der Waals surface area (Å²) in [6, 6.07) is -0.361. The highest BCUT2D eigenvalue weighted by molar-refractivity contribution is 5.72. The second kappa shape index (κ2) is 5.04. The lowest BCUT2D eigenvalue weighted by Gasteiger charge is -2.30. The van der Waals surface area contributed by atoms with Crippen molar-refractivity contribution in [3.05, 3.63) is 0 Å². The zero-order chi connectivity index (χ0) is 9.68. The Bertz CT molecular complexity index is 167. The van der Waals surface area contributed by atoms with Gasteiger partial charge >= 0.3 is 6.03 Å². The normalized spacial score (nSPS) is 19.0. The summed E-state index contributed by atoms with van der Waals surface area (Å²) in [5.41, 5.74) is 5.12. The van der Waals surface area contributed by atoms with Crippen LogP contribution < -0.4 is 5.73 Å². The highest BCUT2D eigenvalue weighted by atomic mass is 16.5. The van der Waals surface area contributed by atoms with Crippen molar-refractivity contribution >= 4 is 6.03 Å². The number of hydrogen-bond acceptors (Lipinski definition) is 3. The molecule has 5 heteroatoms. The Morgan fingerprint density at radius 3 is 2.62 bits per heavy atom. The van der Waals surface area contributed by atoms with Gasteiger partial charge in [0.1, 0.15) is 0 Å². The van der Waals surface area contributed by atoms with E-state index < -0.39 is 0 Å². The Morgan fingerprint density at radius 1 is 1.54 bits per heavy atom. The highest BCUT2D eigenvalue weighted by Crippen LogP contribution is 2.12. The van der Waals surface area contributed by atoms with Gasteiger partial charge in [0, 0.05) is 13.1 Å². The van der Waals surface area contributed by atoms with E-state index >= 15 is 0 Å². The molecule has 0 aromatic heterocycles. The van der Waals surface area contributed by atoms with E-state index in [1.54, 1.807) is 4.90 Å². The summed E-state index contributed by atoms with van der Waals surface area (Å²) in [6.45, 7) is 1.74. The molecule has 1 rings (SSSR count). The number of carbonyl (C=O) groups is 1. The van der Waals surface area contributed by atoms with Gasteiger partial charge in [-0.15, -0.1) is 0 Å². The van der Waals surface area contributed by atoms with Gasteiger partial charge in [-0.25, -0.2) is 4.79 Å². The van der Waals surface area contributed by atoms with Crippen LogP contribution in [-0.4, -0.2) is 48.4 Å². The van der Waals surface area contributed by atoms with E-state index in [-0.39, 0.29) is 18.7 Å². The zero-order valence-corrected chi connectivity index (χ0v) is 7.61. The molecule has 2 amide bonds. The molecule has 1 aliphatic rings. The number of likely N-dealkylation sites (tertiary alicyclic amines) is 1. The Labute approximate surface area is 77.5 Å². The van der Waals surface area contributed by atoms with Crippen molar-refractivity contribution in [2.24, 2.45) is 5.73 Å². The minimum absolute atomic E-state index is 0.0516. The number of urea groups is 1.